The molecule has 43 heavy (non-hydrogen) atoms. The molecule has 0 unspecified atom stereocenters. The van der Waals surface area contributed by atoms with Crippen molar-refractivity contribution < 1.29 is 18.7 Å². The molecule has 2 N–H and O–H groups in total. The lowest BCUT2D eigenvalue weighted by molar-refractivity contribution is -0.138. The number of para-hydroxylation sites is 1. The van der Waals surface area contributed by atoms with Gasteiger partial charge in [0.15, 0.2) is 0 Å². The van der Waals surface area contributed by atoms with Gasteiger partial charge in [-0.2, -0.15) is 0 Å². The van der Waals surface area contributed by atoms with Gasteiger partial charge in [-0.05, 0) is 79.2 Å². The van der Waals surface area contributed by atoms with Gasteiger partial charge in [0.2, 0.25) is 14.3 Å². The molecular formula is C34H40FN3O4Si. The summed E-state index contributed by atoms with van der Waals surface area (Å²) in [6.45, 7) is 5.82. The minimum Gasteiger partial charge on any atom is -0.394 e. The highest BCUT2D eigenvalue weighted by Crippen LogP contribution is 2.47. The molecule has 3 heterocycles. The maximum absolute atomic E-state index is 15.8. The first-order chi connectivity index (χ1) is 20.6. The number of fused-ring (bicyclic) bond motifs is 2. The Morgan fingerprint density at radius 2 is 1.79 bits per heavy atom. The van der Waals surface area contributed by atoms with Crippen LogP contribution in [0, 0.1) is 5.92 Å². The van der Waals surface area contributed by atoms with Gasteiger partial charge in [0, 0.05) is 12.1 Å². The first-order valence-corrected chi connectivity index (χ1v) is 18.2. The number of halogens is 1. The van der Waals surface area contributed by atoms with Crippen LogP contribution in [0.3, 0.4) is 0 Å². The number of aromatic nitrogens is 2. The minimum absolute atomic E-state index is 0.0281. The third-order valence-electron chi connectivity index (χ3n) is 9.44. The number of hydrogen-bond acceptors (Lipinski definition) is 4. The standard InChI is InChI=1S/C34H40FN3O4Si/c1-22-30(16-15-23-9-8-12-26(17-23)38-34(41)28-13-6-7-14-29(28)36-38)42-31(33(22)43(2,3)35)19-32(40)37-20-25-11-5-4-10-24(25)18-27(37)21-39/h4-14,17,22,27,30-31,33,36,39H,15-16,18-21H2,1-3H3/t22-,27+,30+,31-,33+/m1/s1. The molecule has 0 bridgehead atoms. The van der Waals surface area contributed by atoms with E-state index < -0.39 is 14.5 Å². The lowest BCUT2D eigenvalue weighted by Crippen LogP contribution is -2.48. The number of hydrogen-bond donors (Lipinski definition) is 2. The van der Waals surface area contributed by atoms with Crippen molar-refractivity contribution in [1.82, 2.24) is 14.7 Å². The van der Waals surface area contributed by atoms with E-state index in [-0.39, 0.29) is 48.1 Å². The summed E-state index contributed by atoms with van der Waals surface area (Å²) < 4.78 is 23.9. The number of aliphatic hydroxyl groups is 1. The van der Waals surface area contributed by atoms with Gasteiger partial charge < -0.3 is 18.9 Å². The Hall–Kier alpha value is -3.53. The summed E-state index contributed by atoms with van der Waals surface area (Å²) in [6, 6.07) is 23.1. The van der Waals surface area contributed by atoms with E-state index in [2.05, 4.69) is 12.0 Å². The highest BCUT2D eigenvalue weighted by Gasteiger charge is 2.52. The number of aryl methyl sites for hydroxylation is 1. The quantitative estimate of drug-likeness (QED) is 0.205. The normalized spacial score (nSPS) is 23.9. The first-order valence-electron chi connectivity index (χ1n) is 15.2. The molecule has 3 aromatic carbocycles. The van der Waals surface area contributed by atoms with Crippen molar-refractivity contribution in [3.63, 3.8) is 0 Å². The van der Waals surface area contributed by atoms with Crippen LogP contribution in [-0.2, 0) is 28.9 Å². The molecule has 5 atom stereocenters. The van der Waals surface area contributed by atoms with Crippen LogP contribution in [0.25, 0.3) is 16.6 Å². The number of nitrogens with zero attached hydrogens (tertiary/aromatic N) is 2. The molecule has 0 saturated carbocycles. The van der Waals surface area contributed by atoms with E-state index in [4.69, 9.17) is 4.74 Å². The fraction of sp³-hybridized carbons (Fsp3) is 0.412. The van der Waals surface area contributed by atoms with E-state index in [1.165, 1.54) is 0 Å². The van der Waals surface area contributed by atoms with Gasteiger partial charge in [-0.25, -0.2) is 4.68 Å². The van der Waals surface area contributed by atoms with Crippen molar-refractivity contribution in [2.24, 2.45) is 5.92 Å². The van der Waals surface area contributed by atoms with E-state index in [1.807, 2.05) is 72.8 Å². The van der Waals surface area contributed by atoms with Crippen molar-refractivity contribution in [3.05, 3.63) is 99.8 Å². The van der Waals surface area contributed by atoms with Crippen LogP contribution in [0.5, 0.6) is 0 Å². The summed E-state index contributed by atoms with van der Waals surface area (Å²) in [5, 5.41) is 13.9. The van der Waals surface area contributed by atoms with E-state index in [0.29, 0.717) is 31.2 Å². The molecule has 1 amide bonds. The number of rotatable bonds is 8. The van der Waals surface area contributed by atoms with Crippen LogP contribution < -0.4 is 5.56 Å². The Morgan fingerprint density at radius 3 is 2.53 bits per heavy atom. The number of carbonyl (C=O) groups excluding carboxylic acids is 1. The zero-order chi connectivity index (χ0) is 30.3. The number of carbonyl (C=O) groups is 1. The van der Waals surface area contributed by atoms with Gasteiger partial charge in [0.1, 0.15) is 0 Å². The van der Waals surface area contributed by atoms with Crippen molar-refractivity contribution in [2.45, 2.75) is 76.0 Å². The fourth-order valence-electron chi connectivity index (χ4n) is 7.31. The van der Waals surface area contributed by atoms with Crippen LogP contribution >= 0.6 is 0 Å². The van der Waals surface area contributed by atoms with E-state index >= 15 is 4.11 Å². The molecule has 9 heteroatoms. The van der Waals surface area contributed by atoms with Crippen LogP contribution in [0.2, 0.25) is 18.6 Å². The predicted octanol–water partition coefficient (Wildman–Crippen LogP) is 5.54. The van der Waals surface area contributed by atoms with E-state index in [9.17, 15) is 14.7 Å². The highest BCUT2D eigenvalue weighted by molar-refractivity contribution is 6.72. The Morgan fingerprint density at radius 1 is 1.05 bits per heavy atom. The topological polar surface area (TPSA) is 87.6 Å². The fourth-order valence-corrected chi connectivity index (χ4v) is 9.85. The summed E-state index contributed by atoms with van der Waals surface area (Å²) in [5.74, 6) is -0.120. The number of benzene rings is 3. The van der Waals surface area contributed by atoms with Gasteiger partial charge >= 0.3 is 0 Å². The molecule has 7 nitrogen and oxygen atoms in total. The second-order valence-corrected chi connectivity index (χ2v) is 16.5. The number of ether oxygens (including phenoxy) is 1. The van der Waals surface area contributed by atoms with Gasteiger partial charge in [-0.3, -0.25) is 14.7 Å². The van der Waals surface area contributed by atoms with Gasteiger partial charge in [-0.1, -0.05) is 55.5 Å². The summed E-state index contributed by atoms with van der Waals surface area (Å²) in [4.78, 5) is 28.4. The molecule has 1 saturated heterocycles. The molecule has 1 fully saturated rings. The maximum atomic E-state index is 15.8. The number of aromatic amines is 1. The Kier molecular flexibility index (Phi) is 8.15. The molecule has 1 aromatic heterocycles. The molecule has 0 radical (unpaired) electrons. The molecule has 2 aliphatic heterocycles. The van der Waals surface area contributed by atoms with E-state index in [0.717, 1.165) is 27.9 Å². The second-order valence-electron chi connectivity index (χ2n) is 12.7. The number of aliphatic hydroxyl groups excluding tert-OH is 1. The van der Waals surface area contributed by atoms with Crippen LogP contribution in [0.4, 0.5) is 4.11 Å². The molecule has 0 spiro atoms. The summed E-state index contributed by atoms with van der Waals surface area (Å²) in [7, 11) is -3.16. The molecule has 2 aliphatic rings. The minimum atomic E-state index is -3.16. The second kappa shape index (κ2) is 11.9. The highest BCUT2D eigenvalue weighted by atomic mass is 28.4. The van der Waals surface area contributed by atoms with Gasteiger partial charge in [-0.15, -0.1) is 0 Å². The summed E-state index contributed by atoms with van der Waals surface area (Å²) >= 11 is 0. The largest absolute Gasteiger partial charge is 0.394 e. The molecule has 226 valence electrons. The lowest BCUT2D eigenvalue weighted by atomic mass is 9.93. The monoisotopic (exact) mass is 601 g/mol. The average molecular weight is 602 g/mol. The Labute approximate surface area is 252 Å². The van der Waals surface area contributed by atoms with Crippen molar-refractivity contribution in [1.29, 1.82) is 0 Å². The molecule has 6 rings (SSSR count). The number of H-pyrrole nitrogens is 1. The zero-order valence-corrected chi connectivity index (χ0v) is 26.0. The SMILES string of the molecule is C[C@H]1[C@H]([Si](C)(C)F)[C@@H](CC(=O)N2Cc3ccccc3C[C@H]2CO)O[C@H]1CCc1cccc(-n2[nH]c3ccccc3c2=O)c1. The summed E-state index contributed by atoms with van der Waals surface area (Å²) in [5.41, 5.74) is 4.46. The smallest absolute Gasteiger partial charge is 0.279 e. The van der Waals surface area contributed by atoms with E-state index in [1.54, 1.807) is 22.7 Å². The Balaban J connectivity index is 1.16. The van der Waals surface area contributed by atoms with Crippen molar-refractivity contribution >= 4 is 25.2 Å². The third kappa shape index (κ3) is 5.86. The summed E-state index contributed by atoms with van der Waals surface area (Å²) in [6.07, 6.45) is 1.44. The first kappa shape index (κ1) is 29.5. The predicted molar refractivity (Wildman–Crippen MR) is 169 cm³/mol. The molecule has 4 aromatic rings. The Bertz CT molecular complexity index is 1680. The van der Waals surface area contributed by atoms with Crippen molar-refractivity contribution in [3.8, 4) is 5.69 Å². The van der Waals surface area contributed by atoms with Crippen molar-refractivity contribution in [2.75, 3.05) is 6.61 Å². The van der Waals surface area contributed by atoms with Crippen LogP contribution in [-0.4, -0.2) is 59.0 Å². The lowest BCUT2D eigenvalue weighted by Gasteiger charge is -2.37. The third-order valence-corrected chi connectivity index (χ3v) is 11.9. The number of nitrogens with one attached hydrogen (secondary N) is 1. The van der Waals surface area contributed by atoms with Crippen LogP contribution in [0.15, 0.2) is 77.6 Å². The average Bonchev–Trinajstić information content (AvgIpc) is 3.51. The van der Waals surface area contributed by atoms with Gasteiger partial charge in [0.25, 0.3) is 5.56 Å². The van der Waals surface area contributed by atoms with Crippen LogP contribution in [0.1, 0.15) is 36.5 Å². The maximum Gasteiger partial charge on any atom is 0.279 e. The molecular weight excluding hydrogens is 561 g/mol. The molecule has 0 aliphatic carbocycles. The van der Waals surface area contributed by atoms with Gasteiger partial charge in [0.05, 0.1) is 47.9 Å². The number of amides is 1. The zero-order valence-electron chi connectivity index (χ0n) is 25.0.